The SMILES string of the molecule is Cc1ccc2c(cnn2CCC(=O)NCc2ccc(Cl)cc2)c1. The van der Waals surface area contributed by atoms with Crippen LogP contribution in [0.1, 0.15) is 17.5 Å². The molecule has 0 aliphatic heterocycles. The zero-order chi connectivity index (χ0) is 16.2. The van der Waals surface area contributed by atoms with E-state index in [1.165, 1.54) is 5.56 Å². The Hall–Kier alpha value is -2.33. The maximum atomic E-state index is 12.0. The van der Waals surface area contributed by atoms with Crippen molar-refractivity contribution in [1.82, 2.24) is 15.1 Å². The zero-order valence-electron chi connectivity index (χ0n) is 12.9. The van der Waals surface area contributed by atoms with Crippen molar-refractivity contribution in [1.29, 1.82) is 0 Å². The van der Waals surface area contributed by atoms with Crippen molar-refractivity contribution >= 4 is 28.4 Å². The highest BCUT2D eigenvalue weighted by molar-refractivity contribution is 6.30. The molecule has 0 atom stereocenters. The van der Waals surface area contributed by atoms with Gasteiger partial charge in [0.1, 0.15) is 0 Å². The normalized spacial score (nSPS) is 10.9. The number of fused-ring (bicyclic) bond motifs is 1. The molecule has 1 N–H and O–H groups in total. The van der Waals surface area contributed by atoms with E-state index >= 15 is 0 Å². The minimum atomic E-state index is 0.00992. The van der Waals surface area contributed by atoms with Crippen LogP contribution in [0.4, 0.5) is 0 Å². The van der Waals surface area contributed by atoms with Gasteiger partial charge in [-0.25, -0.2) is 0 Å². The van der Waals surface area contributed by atoms with Crippen LogP contribution >= 0.6 is 11.6 Å². The van der Waals surface area contributed by atoms with E-state index in [9.17, 15) is 4.79 Å². The number of aryl methyl sites for hydroxylation is 2. The molecule has 0 aliphatic rings. The second kappa shape index (κ2) is 6.84. The largest absolute Gasteiger partial charge is 0.352 e. The van der Waals surface area contributed by atoms with Gasteiger partial charge in [0.15, 0.2) is 0 Å². The maximum absolute atomic E-state index is 12.0. The topological polar surface area (TPSA) is 46.9 Å². The first-order valence-corrected chi connectivity index (χ1v) is 7.93. The molecule has 23 heavy (non-hydrogen) atoms. The summed E-state index contributed by atoms with van der Waals surface area (Å²) in [5.41, 5.74) is 3.29. The highest BCUT2D eigenvalue weighted by atomic mass is 35.5. The highest BCUT2D eigenvalue weighted by Crippen LogP contribution is 2.15. The summed E-state index contributed by atoms with van der Waals surface area (Å²) in [6, 6.07) is 13.7. The fourth-order valence-electron chi connectivity index (χ4n) is 2.48. The number of hydrogen-bond acceptors (Lipinski definition) is 2. The van der Waals surface area contributed by atoms with Crippen molar-refractivity contribution in [3.05, 3.63) is 64.8 Å². The molecule has 0 spiro atoms. The third-order valence-corrected chi connectivity index (χ3v) is 4.00. The van der Waals surface area contributed by atoms with Crippen LogP contribution < -0.4 is 5.32 Å². The molecule has 3 aromatic rings. The summed E-state index contributed by atoms with van der Waals surface area (Å²) in [7, 11) is 0. The zero-order valence-corrected chi connectivity index (χ0v) is 13.7. The quantitative estimate of drug-likeness (QED) is 0.776. The molecule has 0 saturated carbocycles. The van der Waals surface area contributed by atoms with Crippen molar-refractivity contribution in [3.8, 4) is 0 Å². The van der Waals surface area contributed by atoms with Gasteiger partial charge < -0.3 is 5.32 Å². The summed E-state index contributed by atoms with van der Waals surface area (Å²) in [5.74, 6) is 0.00992. The number of amides is 1. The van der Waals surface area contributed by atoms with Crippen LogP contribution in [0.3, 0.4) is 0 Å². The van der Waals surface area contributed by atoms with E-state index < -0.39 is 0 Å². The summed E-state index contributed by atoms with van der Waals surface area (Å²) in [6.45, 7) is 3.13. The highest BCUT2D eigenvalue weighted by Gasteiger charge is 2.06. The summed E-state index contributed by atoms with van der Waals surface area (Å²) < 4.78 is 1.87. The van der Waals surface area contributed by atoms with Crippen LogP contribution in [0.15, 0.2) is 48.7 Å². The first-order chi connectivity index (χ1) is 11.1. The van der Waals surface area contributed by atoms with Gasteiger partial charge in [-0.3, -0.25) is 9.48 Å². The fourth-order valence-corrected chi connectivity index (χ4v) is 2.61. The van der Waals surface area contributed by atoms with Gasteiger partial charge in [0.2, 0.25) is 5.91 Å². The van der Waals surface area contributed by atoms with Crippen LogP contribution in [-0.2, 0) is 17.9 Å². The lowest BCUT2D eigenvalue weighted by atomic mass is 10.2. The number of carbonyl (C=O) groups excluding carboxylic acids is 1. The lowest BCUT2D eigenvalue weighted by Gasteiger charge is -2.07. The molecule has 0 unspecified atom stereocenters. The average Bonchev–Trinajstić information content (AvgIpc) is 2.94. The van der Waals surface area contributed by atoms with Gasteiger partial charge in [-0.05, 0) is 36.8 Å². The molecule has 1 heterocycles. The smallest absolute Gasteiger partial charge is 0.222 e. The third kappa shape index (κ3) is 3.90. The van der Waals surface area contributed by atoms with Crippen molar-refractivity contribution in [2.75, 3.05) is 0 Å². The van der Waals surface area contributed by atoms with Gasteiger partial charge in [-0.2, -0.15) is 5.10 Å². The number of halogens is 1. The molecule has 0 aliphatic carbocycles. The van der Waals surface area contributed by atoms with Crippen LogP contribution in [-0.4, -0.2) is 15.7 Å². The molecule has 118 valence electrons. The van der Waals surface area contributed by atoms with Gasteiger partial charge in [0.25, 0.3) is 0 Å². The summed E-state index contributed by atoms with van der Waals surface area (Å²) >= 11 is 5.84. The Morgan fingerprint density at radius 3 is 2.78 bits per heavy atom. The molecular formula is C18H18ClN3O. The van der Waals surface area contributed by atoms with Gasteiger partial charge in [0, 0.05) is 23.4 Å². The van der Waals surface area contributed by atoms with E-state index in [-0.39, 0.29) is 5.91 Å². The van der Waals surface area contributed by atoms with Crippen molar-refractivity contribution in [3.63, 3.8) is 0 Å². The Bertz CT molecular complexity index is 824. The minimum absolute atomic E-state index is 0.00992. The second-order valence-electron chi connectivity index (χ2n) is 5.58. The van der Waals surface area contributed by atoms with Gasteiger partial charge in [0.05, 0.1) is 18.3 Å². The Labute approximate surface area is 140 Å². The predicted octanol–water partition coefficient (Wildman–Crippen LogP) is 3.70. The number of benzene rings is 2. The van der Waals surface area contributed by atoms with Crippen LogP contribution in [0.5, 0.6) is 0 Å². The van der Waals surface area contributed by atoms with Gasteiger partial charge in [-0.15, -0.1) is 0 Å². The van der Waals surface area contributed by atoms with Crippen molar-refractivity contribution in [2.24, 2.45) is 0 Å². The number of hydrogen-bond donors (Lipinski definition) is 1. The molecule has 5 heteroatoms. The Balaban J connectivity index is 1.54. The number of carbonyl (C=O) groups is 1. The summed E-state index contributed by atoms with van der Waals surface area (Å²) in [6.07, 6.45) is 2.24. The van der Waals surface area contributed by atoms with Crippen LogP contribution in [0, 0.1) is 6.92 Å². The van der Waals surface area contributed by atoms with Crippen molar-refractivity contribution < 1.29 is 4.79 Å². The van der Waals surface area contributed by atoms with E-state index in [1.54, 1.807) is 0 Å². The lowest BCUT2D eigenvalue weighted by Crippen LogP contribution is -2.24. The molecular weight excluding hydrogens is 310 g/mol. The Morgan fingerprint density at radius 1 is 1.22 bits per heavy atom. The number of nitrogens with zero attached hydrogens (tertiary/aromatic N) is 2. The predicted molar refractivity (Wildman–Crippen MR) is 92.4 cm³/mol. The minimum Gasteiger partial charge on any atom is -0.352 e. The Morgan fingerprint density at radius 2 is 2.00 bits per heavy atom. The number of rotatable bonds is 5. The third-order valence-electron chi connectivity index (χ3n) is 3.75. The summed E-state index contributed by atoms with van der Waals surface area (Å²) in [4.78, 5) is 12.0. The van der Waals surface area contributed by atoms with Crippen molar-refractivity contribution in [2.45, 2.75) is 26.4 Å². The van der Waals surface area contributed by atoms with Crippen LogP contribution in [0.2, 0.25) is 5.02 Å². The standard InChI is InChI=1S/C18H18ClN3O/c1-13-2-7-17-15(10-13)12-21-22(17)9-8-18(23)20-11-14-3-5-16(19)6-4-14/h2-7,10,12H,8-9,11H2,1H3,(H,20,23). The van der Waals surface area contributed by atoms with E-state index in [0.29, 0.717) is 24.5 Å². The Kier molecular flexibility index (Phi) is 4.63. The molecule has 2 aromatic carbocycles. The van der Waals surface area contributed by atoms with E-state index in [4.69, 9.17) is 11.6 Å². The monoisotopic (exact) mass is 327 g/mol. The molecule has 0 radical (unpaired) electrons. The second-order valence-corrected chi connectivity index (χ2v) is 6.02. The van der Waals surface area contributed by atoms with Gasteiger partial charge in [-0.1, -0.05) is 35.4 Å². The van der Waals surface area contributed by atoms with Crippen LogP contribution in [0.25, 0.3) is 10.9 Å². The van der Waals surface area contributed by atoms with Gasteiger partial charge >= 0.3 is 0 Å². The molecule has 0 fully saturated rings. The number of aromatic nitrogens is 2. The average molecular weight is 328 g/mol. The first-order valence-electron chi connectivity index (χ1n) is 7.55. The molecule has 3 rings (SSSR count). The lowest BCUT2D eigenvalue weighted by molar-refractivity contribution is -0.121. The number of nitrogens with one attached hydrogen (secondary N) is 1. The molecule has 4 nitrogen and oxygen atoms in total. The molecule has 0 bridgehead atoms. The first kappa shape index (κ1) is 15.6. The van der Waals surface area contributed by atoms with E-state index in [1.807, 2.05) is 41.2 Å². The maximum Gasteiger partial charge on any atom is 0.222 e. The van der Waals surface area contributed by atoms with E-state index in [2.05, 4.69) is 29.5 Å². The molecule has 0 saturated heterocycles. The molecule has 1 aromatic heterocycles. The molecule has 1 amide bonds. The fraction of sp³-hybridized carbons (Fsp3) is 0.222. The van der Waals surface area contributed by atoms with E-state index in [0.717, 1.165) is 16.5 Å². The summed E-state index contributed by atoms with van der Waals surface area (Å²) in [5, 5.41) is 9.07.